The van der Waals surface area contributed by atoms with Gasteiger partial charge in [-0.15, -0.1) is 10.2 Å². The van der Waals surface area contributed by atoms with Gasteiger partial charge < -0.3 is 0 Å². The fourth-order valence-electron chi connectivity index (χ4n) is 2.68. The highest BCUT2D eigenvalue weighted by Crippen LogP contribution is 2.30. The van der Waals surface area contributed by atoms with Crippen molar-refractivity contribution in [3.8, 4) is 0 Å². The van der Waals surface area contributed by atoms with Crippen molar-refractivity contribution in [1.29, 1.82) is 0 Å². The molecule has 4 nitrogen and oxygen atoms in total. The molecule has 0 saturated heterocycles. The molecule has 0 aliphatic rings. The third-order valence-electron chi connectivity index (χ3n) is 4.18. The van der Waals surface area contributed by atoms with Crippen molar-refractivity contribution >= 4 is 34.1 Å². The lowest BCUT2D eigenvalue weighted by Gasteiger charge is -2.13. The van der Waals surface area contributed by atoms with E-state index in [0.717, 1.165) is 22.1 Å². The van der Waals surface area contributed by atoms with Crippen LogP contribution in [0, 0.1) is 6.92 Å². The molecule has 2 aromatic carbocycles. The minimum Gasteiger partial charge on any atom is -0.300 e. The van der Waals surface area contributed by atoms with Gasteiger partial charge in [0.1, 0.15) is 0 Å². The molecular formula is C20H21N3OS2. The molecule has 0 saturated carbocycles. The lowest BCUT2D eigenvalue weighted by molar-refractivity contribution is -0.117. The number of aryl methyl sites for hydroxylation is 1. The van der Waals surface area contributed by atoms with E-state index in [2.05, 4.69) is 34.6 Å². The molecule has 3 aromatic rings. The SMILES string of the molecule is CC[C@H](C(=O)Nc1nnc(SCc2ccccc2C)s1)c1ccccc1. The van der Waals surface area contributed by atoms with Crippen LogP contribution in [0.3, 0.4) is 0 Å². The number of amides is 1. The monoisotopic (exact) mass is 383 g/mol. The van der Waals surface area contributed by atoms with Crippen LogP contribution in [0.1, 0.15) is 36.0 Å². The third-order valence-corrected chi connectivity index (χ3v) is 6.20. The Hall–Kier alpha value is -2.18. The summed E-state index contributed by atoms with van der Waals surface area (Å²) in [5.41, 5.74) is 3.58. The van der Waals surface area contributed by atoms with Gasteiger partial charge in [-0.3, -0.25) is 10.1 Å². The maximum absolute atomic E-state index is 12.6. The number of nitrogens with one attached hydrogen (secondary N) is 1. The molecule has 26 heavy (non-hydrogen) atoms. The van der Waals surface area contributed by atoms with Gasteiger partial charge in [0.15, 0.2) is 4.34 Å². The van der Waals surface area contributed by atoms with Crippen LogP contribution in [-0.2, 0) is 10.5 Å². The van der Waals surface area contributed by atoms with E-state index in [1.54, 1.807) is 11.8 Å². The number of thioether (sulfide) groups is 1. The number of benzene rings is 2. The molecule has 1 N–H and O–H groups in total. The second-order valence-corrected chi connectivity index (χ2v) is 8.15. The molecule has 1 amide bonds. The number of nitrogens with zero attached hydrogens (tertiary/aromatic N) is 2. The number of rotatable bonds is 7. The Labute approximate surface area is 162 Å². The molecule has 0 bridgehead atoms. The molecule has 1 aromatic heterocycles. The normalized spacial score (nSPS) is 11.9. The number of hydrogen-bond acceptors (Lipinski definition) is 5. The van der Waals surface area contributed by atoms with Gasteiger partial charge in [0, 0.05) is 5.75 Å². The molecule has 0 fully saturated rings. The zero-order valence-electron chi connectivity index (χ0n) is 14.8. The molecule has 1 atom stereocenters. The number of hydrogen-bond donors (Lipinski definition) is 1. The molecular weight excluding hydrogens is 362 g/mol. The Bertz CT molecular complexity index is 864. The summed E-state index contributed by atoms with van der Waals surface area (Å²) in [6.07, 6.45) is 0.740. The van der Waals surface area contributed by atoms with Crippen LogP contribution in [0.5, 0.6) is 0 Å². The maximum atomic E-state index is 12.6. The fraction of sp³-hybridized carbons (Fsp3) is 0.250. The topological polar surface area (TPSA) is 54.9 Å². The highest BCUT2D eigenvalue weighted by molar-refractivity contribution is 8.00. The molecule has 0 aliphatic heterocycles. The quantitative estimate of drug-likeness (QED) is 0.446. The van der Waals surface area contributed by atoms with Crippen molar-refractivity contribution in [1.82, 2.24) is 10.2 Å². The Morgan fingerprint density at radius 1 is 1.12 bits per heavy atom. The first-order valence-corrected chi connectivity index (χ1v) is 10.3. The van der Waals surface area contributed by atoms with Gasteiger partial charge in [-0.05, 0) is 30.0 Å². The minimum absolute atomic E-state index is 0.0368. The largest absolute Gasteiger partial charge is 0.300 e. The number of anilines is 1. The molecule has 0 radical (unpaired) electrons. The summed E-state index contributed by atoms with van der Waals surface area (Å²) < 4.78 is 0.858. The molecule has 0 unspecified atom stereocenters. The van der Waals surface area contributed by atoms with Crippen LogP contribution >= 0.6 is 23.1 Å². The number of aromatic nitrogens is 2. The molecule has 6 heteroatoms. The van der Waals surface area contributed by atoms with Crippen LogP contribution in [0.4, 0.5) is 5.13 Å². The van der Waals surface area contributed by atoms with Crippen LogP contribution in [0.15, 0.2) is 58.9 Å². The van der Waals surface area contributed by atoms with Gasteiger partial charge in [0.2, 0.25) is 11.0 Å². The Morgan fingerprint density at radius 3 is 2.58 bits per heavy atom. The predicted molar refractivity (Wildman–Crippen MR) is 109 cm³/mol. The highest BCUT2D eigenvalue weighted by atomic mass is 32.2. The predicted octanol–water partition coefficient (Wildman–Crippen LogP) is 5.27. The molecule has 0 spiro atoms. The van der Waals surface area contributed by atoms with Crippen LogP contribution < -0.4 is 5.32 Å². The summed E-state index contributed by atoms with van der Waals surface area (Å²) in [7, 11) is 0. The second kappa shape index (κ2) is 8.96. The zero-order valence-corrected chi connectivity index (χ0v) is 16.4. The average Bonchev–Trinajstić information content (AvgIpc) is 3.10. The smallest absolute Gasteiger partial charge is 0.233 e. The van der Waals surface area contributed by atoms with Crippen LogP contribution in [0.25, 0.3) is 0 Å². The molecule has 1 heterocycles. The summed E-state index contributed by atoms with van der Waals surface area (Å²) >= 11 is 3.06. The van der Waals surface area contributed by atoms with Crippen LogP contribution in [0.2, 0.25) is 0 Å². The zero-order chi connectivity index (χ0) is 18.4. The van der Waals surface area contributed by atoms with Gasteiger partial charge in [-0.2, -0.15) is 0 Å². The van der Waals surface area contributed by atoms with Crippen molar-refractivity contribution in [3.05, 3.63) is 71.3 Å². The van der Waals surface area contributed by atoms with Gasteiger partial charge in [-0.1, -0.05) is 84.6 Å². The third kappa shape index (κ3) is 4.71. The van der Waals surface area contributed by atoms with E-state index in [1.807, 2.05) is 49.4 Å². The van der Waals surface area contributed by atoms with Crippen molar-refractivity contribution in [2.75, 3.05) is 5.32 Å². The van der Waals surface area contributed by atoms with E-state index in [-0.39, 0.29) is 11.8 Å². The van der Waals surface area contributed by atoms with Gasteiger partial charge >= 0.3 is 0 Å². The minimum atomic E-state index is -0.178. The Kier molecular flexibility index (Phi) is 6.41. The van der Waals surface area contributed by atoms with Crippen molar-refractivity contribution in [3.63, 3.8) is 0 Å². The summed E-state index contributed by atoms with van der Waals surface area (Å²) in [4.78, 5) is 12.6. The van der Waals surface area contributed by atoms with Crippen LogP contribution in [-0.4, -0.2) is 16.1 Å². The van der Waals surface area contributed by atoms with Crippen molar-refractivity contribution in [2.45, 2.75) is 36.3 Å². The fourth-order valence-corrected chi connectivity index (χ4v) is 4.51. The Morgan fingerprint density at radius 2 is 1.85 bits per heavy atom. The number of carbonyl (C=O) groups excluding carboxylic acids is 1. The van der Waals surface area contributed by atoms with E-state index in [4.69, 9.17) is 0 Å². The lowest BCUT2D eigenvalue weighted by atomic mass is 9.96. The van der Waals surface area contributed by atoms with E-state index in [9.17, 15) is 4.79 Å². The standard InChI is InChI=1S/C20H21N3OS2/c1-3-17(15-10-5-4-6-11-15)18(24)21-19-22-23-20(26-19)25-13-16-12-8-7-9-14(16)2/h4-12,17H,3,13H2,1-2H3,(H,21,22,24)/t17-/m0/s1. The van der Waals surface area contributed by atoms with E-state index < -0.39 is 0 Å². The molecule has 3 rings (SSSR count). The second-order valence-electron chi connectivity index (χ2n) is 5.95. The van der Waals surface area contributed by atoms with Gasteiger partial charge in [0.05, 0.1) is 5.92 Å². The summed E-state index contributed by atoms with van der Waals surface area (Å²) in [6, 6.07) is 18.1. The summed E-state index contributed by atoms with van der Waals surface area (Å²) in [6.45, 7) is 4.12. The van der Waals surface area contributed by atoms with E-state index in [0.29, 0.717) is 5.13 Å². The van der Waals surface area contributed by atoms with E-state index in [1.165, 1.54) is 22.5 Å². The maximum Gasteiger partial charge on any atom is 0.233 e. The van der Waals surface area contributed by atoms with Crippen molar-refractivity contribution in [2.24, 2.45) is 0 Å². The van der Waals surface area contributed by atoms with E-state index >= 15 is 0 Å². The summed E-state index contributed by atoms with van der Waals surface area (Å²) in [5.74, 6) is 0.630. The van der Waals surface area contributed by atoms with Gasteiger partial charge in [0.25, 0.3) is 0 Å². The first-order valence-electron chi connectivity index (χ1n) is 8.54. The number of carbonyl (C=O) groups is 1. The average molecular weight is 384 g/mol. The molecule has 134 valence electrons. The molecule has 0 aliphatic carbocycles. The highest BCUT2D eigenvalue weighted by Gasteiger charge is 2.20. The summed E-state index contributed by atoms with van der Waals surface area (Å²) in [5, 5.41) is 11.8. The Balaban J connectivity index is 1.61. The lowest BCUT2D eigenvalue weighted by Crippen LogP contribution is -2.20. The van der Waals surface area contributed by atoms with Gasteiger partial charge in [-0.25, -0.2) is 0 Å². The first-order chi connectivity index (χ1) is 12.7. The van der Waals surface area contributed by atoms with Crippen molar-refractivity contribution < 1.29 is 4.79 Å². The first kappa shape index (κ1) is 18.6.